The zero-order chi connectivity index (χ0) is 13.9. The van der Waals surface area contributed by atoms with Crippen LogP contribution < -0.4 is 15.4 Å². The lowest BCUT2D eigenvalue weighted by Gasteiger charge is -2.24. The number of rotatable bonds is 2. The van der Waals surface area contributed by atoms with Crippen LogP contribution in [-0.4, -0.2) is 43.7 Å². The summed E-state index contributed by atoms with van der Waals surface area (Å²) in [4.78, 5) is 14.2. The van der Waals surface area contributed by atoms with Crippen molar-refractivity contribution in [1.29, 1.82) is 0 Å². The average Bonchev–Trinajstić information content (AvgIpc) is 2.91. The van der Waals surface area contributed by atoms with Gasteiger partial charge in [0.1, 0.15) is 5.75 Å². The number of nitrogens with one attached hydrogen (secondary N) is 2. The van der Waals surface area contributed by atoms with Gasteiger partial charge in [0.05, 0.1) is 7.11 Å². The van der Waals surface area contributed by atoms with Gasteiger partial charge in [0, 0.05) is 30.9 Å². The predicted molar refractivity (Wildman–Crippen MR) is 78.1 cm³/mol. The van der Waals surface area contributed by atoms with Gasteiger partial charge in [0.25, 0.3) is 0 Å². The first kappa shape index (κ1) is 13.2. The van der Waals surface area contributed by atoms with Gasteiger partial charge in [-0.25, -0.2) is 4.79 Å². The van der Waals surface area contributed by atoms with Crippen molar-refractivity contribution in [3.05, 3.63) is 24.3 Å². The van der Waals surface area contributed by atoms with Crippen LogP contribution in [0.25, 0.3) is 0 Å². The molecule has 0 radical (unpaired) electrons. The monoisotopic (exact) mass is 275 g/mol. The number of ether oxygens (including phenoxy) is 1. The van der Waals surface area contributed by atoms with Crippen molar-refractivity contribution < 1.29 is 9.53 Å². The Labute approximate surface area is 119 Å². The summed E-state index contributed by atoms with van der Waals surface area (Å²) in [6.07, 6.45) is 2.44. The van der Waals surface area contributed by atoms with Crippen molar-refractivity contribution in [2.24, 2.45) is 5.92 Å². The Morgan fingerprint density at radius 3 is 3.15 bits per heavy atom. The maximum atomic E-state index is 12.3. The summed E-state index contributed by atoms with van der Waals surface area (Å²) in [7, 11) is 1.62. The minimum Gasteiger partial charge on any atom is -0.497 e. The number of benzene rings is 1. The number of hydrogen-bond acceptors (Lipinski definition) is 3. The van der Waals surface area contributed by atoms with Crippen LogP contribution in [0.4, 0.5) is 10.5 Å². The predicted octanol–water partition coefficient (Wildman–Crippen LogP) is 1.91. The zero-order valence-corrected chi connectivity index (χ0v) is 11.8. The Morgan fingerprint density at radius 2 is 2.35 bits per heavy atom. The minimum absolute atomic E-state index is 0.0190. The van der Waals surface area contributed by atoms with Gasteiger partial charge in [0.15, 0.2) is 0 Å². The first-order valence-electron chi connectivity index (χ1n) is 7.19. The van der Waals surface area contributed by atoms with Gasteiger partial charge in [-0.15, -0.1) is 0 Å². The standard InChI is InChI=1S/C15H21N3O2/c1-20-13-6-2-5-12(8-13)17-15(19)18-9-11-4-3-7-16-14(11)10-18/h2,5-6,8,11,14,16H,3-4,7,9-10H2,1H3,(H,17,19)/t11-,14+/m0/s1. The zero-order valence-electron chi connectivity index (χ0n) is 11.8. The fraction of sp³-hybridized carbons (Fsp3) is 0.533. The summed E-state index contributed by atoms with van der Waals surface area (Å²) in [6.45, 7) is 2.74. The van der Waals surface area contributed by atoms with E-state index in [1.807, 2.05) is 29.2 Å². The highest BCUT2D eigenvalue weighted by atomic mass is 16.5. The van der Waals surface area contributed by atoms with E-state index in [0.29, 0.717) is 12.0 Å². The number of amides is 2. The molecule has 20 heavy (non-hydrogen) atoms. The summed E-state index contributed by atoms with van der Waals surface area (Å²) >= 11 is 0. The van der Waals surface area contributed by atoms with Gasteiger partial charge in [-0.2, -0.15) is 0 Å². The molecule has 0 bridgehead atoms. The van der Waals surface area contributed by atoms with Gasteiger partial charge >= 0.3 is 6.03 Å². The van der Waals surface area contributed by atoms with Crippen LogP contribution in [0.1, 0.15) is 12.8 Å². The molecule has 0 unspecified atom stereocenters. The molecule has 5 nitrogen and oxygen atoms in total. The van der Waals surface area contributed by atoms with Crippen molar-refractivity contribution in [1.82, 2.24) is 10.2 Å². The summed E-state index contributed by atoms with van der Waals surface area (Å²) < 4.78 is 5.16. The molecule has 2 fully saturated rings. The van der Waals surface area contributed by atoms with Gasteiger partial charge in [-0.1, -0.05) is 6.07 Å². The molecule has 2 amide bonds. The fourth-order valence-electron chi connectivity index (χ4n) is 3.12. The van der Waals surface area contributed by atoms with Gasteiger partial charge in [0.2, 0.25) is 0 Å². The van der Waals surface area contributed by atoms with E-state index < -0.39 is 0 Å². The van der Waals surface area contributed by atoms with Crippen LogP contribution in [0.2, 0.25) is 0 Å². The van der Waals surface area contributed by atoms with E-state index in [4.69, 9.17) is 4.74 Å². The Kier molecular flexibility index (Phi) is 3.78. The number of carbonyl (C=O) groups excluding carboxylic acids is 1. The molecule has 3 rings (SSSR count). The first-order chi connectivity index (χ1) is 9.76. The smallest absolute Gasteiger partial charge is 0.321 e. The molecule has 1 aromatic rings. The highest BCUT2D eigenvalue weighted by Crippen LogP contribution is 2.25. The van der Waals surface area contributed by atoms with Gasteiger partial charge in [-0.3, -0.25) is 0 Å². The van der Waals surface area contributed by atoms with Crippen molar-refractivity contribution in [2.75, 3.05) is 32.1 Å². The number of piperidine rings is 1. The van der Waals surface area contributed by atoms with Crippen LogP contribution in [0.5, 0.6) is 5.75 Å². The molecule has 2 atom stereocenters. The molecule has 2 N–H and O–H groups in total. The van der Waals surface area contributed by atoms with Crippen LogP contribution in [-0.2, 0) is 0 Å². The van der Waals surface area contributed by atoms with Gasteiger partial charge in [-0.05, 0) is 37.4 Å². The molecule has 0 saturated carbocycles. The van der Waals surface area contributed by atoms with E-state index in [0.717, 1.165) is 31.1 Å². The summed E-state index contributed by atoms with van der Waals surface area (Å²) in [5.41, 5.74) is 0.775. The van der Waals surface area contributed by atoms with Crippen molar-refractivity contribution in [3.63, 3.8) is 0 Å². The highest BCUT2D eigenvalue weighted by molar-refractivity contribution is 5.89. The number of likely N-dealkylation sites (tertiary alicyclic amines) is 1. The van der Waals surface area contributed by atoms with E-state index in [1.54, 1.807) is 7.11 Å². The number of carbonyl (C=O) groups is 1. The molecule has 2 heterocycles. The second-order valence-electron chi connectivity index (χ2n) is 5.53. The van der Waals surface area contributed by atoms with E-state index in [-0.39, 0.29) is 6.03 Å². The lowest BCUT2D eigenvalue weighted by molar-refractivity contribution is 0.220. The van der Waals surface area contributed by atoms with E-state index in [2.05, 4.69) is 10.6 Å². The molecule has 2 aliphatic heterocycles. The Hall–Kier alpha value is -1.75. The number of hydrogen-bond donors (Lipinski definition) is 2. The lowest BCUT2D eigenvalue weighted by atomic mass is 9.94. The van der Waals surface area contributed by atoms with Crippen LogP contribution >= 0.6 is 0 Å². The van der Waals surface area contributed by atoms with Crippen molar-refractivity contribution >= 4 is 11.7 Å². The van der Waals surface area contributed by atoms with E-state index >= 15 is 0 Å². The molecular formula is C15H21N3O2. The van der Waals surface area contributed by atoms with Crippen molar-refractivity contribution in [3.8, 4) is 5.75 Å². The first-order valence-corrected chi connectivity index (χ1v) is 7.19. The molecule has 2 saturated heterocycles. The quantitative estimate of drug-likeness (QED) is 0.867. The molecule has 0 aromatic heterocycles. The average molecular weight is 275 g/mol. The van der Waals surface area contributed by atoms with E-state index in [9.17, 15) is 4.79 Å². The van der Waals surface area contributed by atoms with E-state index in [1.165, 1.54) is 12.8 Å². The summed E-state index contributed by atoms with van der Waals surface area (Å²) in [5.74, 6) is 1.36. The molecular weight excluding hydrogens is 254 g/mol. The third kappa shape index (κ3) is 2.72. The van der Waals surface area contributed by atoms with Crippen LogP contribution in [0.15, 0.2) is 24.3 Å². The molecule has 108 valence electrons. The number of methoxy groups -OCH3 is 1. The highest BCUT2D eigenvalue weighted by Gasteiger charge is 2.36. The molecule has 0 aliphatic carbocycles. The normalized spacial score (nSPS) is 25.1. The number of anilines is 1. The van der Waals surface area contributed by atoms with Crippen LogP contribution in [0.3, 0.4) is 0 Å². The maximum absolute atomic E-state index is 12.3. The third-order valence-electron chi connectivity index (χ3n) is 4.21. The second-order valence-corrected chi connectivity index (χ2v) is 5.53. The topological polar surface area (TPSA) is 53.6 Å². The summed E-state index contributed by atoms with van der Waals surface area (Å²) in [5, 5.41) is 6.45. The number of urea groups is 1. The summed E-state index contributed by atoms with van der Waals surface area (Å²) in [6, 6.07) is 7.90. The number of nitrogens with zero attached hydrogens (tertiary/aromatic N) is 1. The molecule has 5 heteroatoms. The third-order valence-corrected chi connectivity index (χ3v) is 4.21. The Bertz CT molecular complexity index is 478. The Balaban J connectivity index is 1.61. The lowest BCUT2D eigenvalue weighted by Crippen LogP contribution is -2.41. The second kappa shape index (κ2) is 5.71. The fourth-order valence-corrected chi connectivity index (χ4v) is 3.12. The SMILES string of the molecule is COc1cccc(NC(=O)N2C[C@@H]3CCCN[C@@H]3C2)c1. The van der Waals surface area contributed by atoms with Crippen molar-refractivity contribution in [2.45, 2.75) is 18.9 Å². The Morgan fingerprint density at radius 1 is 1.45 bits per heavy atom. The maximum Gasteiger partial charge on any atom is 0.321 e. The van der Waals surface area contributed by atoms with Gasteiger partial charge < -0.3 is 20.3 Å². The molecule has 1 aromatic carbocycles. The molecule has 0 spiro atoms. The minimum atomic E-state index is -0.0190. The van der Waals surface area contributed by atoms with Crippen LogP contribution in [0, 0.1) is 5.92 Å². The number of fused-ring (bicyclic) bond motifs is 1. The largest absolute Gasteiger partial charge is 0.497 e. The molecule has 2 aliphatic rings.